The molecule has 1 fully saturated rings. The van der Waals surface area contributed by atoms with Crippen molar-refractivity contribution in [2.24, 2.45) is 0 Å². The third-order valence-corrected chi connectivity index (χ3v) is 4.26. The van der Waals surface area contributed by atoms with Crippen molar-refractivity contribution in [1.29, 1.82) is 5.26 Å². The molecule has 24 heavy (non-hydrogen) atoms. The first kappa shape index (κ1) is 18.3. The van der Waals surface area contributed by atoms with Crippen LogP contribution in [-0.2, 0) is 4.79 Å². The van der Waals surface area contributed by atoms with Gasteiger partial charge in [0.2, 0.25) is 5.91 Å². The number of hydrogen-bond donors (Lipinski definition) is 1. The number of likely N-dealkylation sites (N-methyl/N-ethyl adjacent to an activating group) is 1. The Morgan fingerprint density at radius 2 is 2.25 bits per heavy atom. The summed E-state index contributed by atoms with van der Waals surface area (Å²) in [7, 11) is 0. The maximum Gasteiger partial charge on any atom is 0.236 e. The van der Waals surface area contributed by atoms with E-state index in [9.17, 15) is 18.7 Å². The SMILES string of the molecule is CCN(CCC#N)C(=O)CN1C[C@@H](O)C[C@@H]1c1cc(F)ccc1F. The van der Waals surface area contributed by atoms with Crippen molar-refractivity contribution in [2.45, 2.75) is 31.9 Å². The van der Waals surface area contributed by atoms with Crippen LogP contribution in [0.1, 0.15) is 31.4 Å². The fourth-order valence-electron chi connectivity index (χ4n) is 3.07. The zero-order valence-corrected chi connectivity index (χ0v) is 13.6. The van der Waals surface area contributed by atoms with E-state index in [1.165, 1.54) is 0 Å². The van der Waals surface area contributed by atoms with Crippen LogP contribution >= 0.6 is 0 Å². The van der Waals surface area contributed by atoms with Gasteiger partial charge in [-0.25, -0.2) is 8.78 Å². The molecule has 1 N–H and O–H groups in total. The van der Waals surface area contributed by atoms with Gasteiger partial charge >= 0.3 is 0 Å². The number of nitrogens with zero attached hydrogens (tertiary/aromatic N) is 3. The fourth-order valence-corrected chi connectivity index (χ4v) is 3.07. The Hall–Kier alpha value is -2.04. The molecule has 1 amide bonds. The molecular formula is C17H21F2N3O2. The normalized spacial score (nSPS) is 20.8. The highest BCUT2D eigenvalue weighted by molar-refractivity contribution is 5.78. The molecular weight excluding hydrogens is 316 g/mol. The van der Waals surface area contributed by atoms with E-state index in [-0.39, 0.29) is 37.4 Å². The number of β-amino-alcohol motifs (C(OH)–C–C–N with tert-alkyl or cyclic N) is 1. The summed E-state index contributed by atoms with van der Waals surface area (Å²) in [5.41, 5.74) is 0.152. The van der Waals surface area contributed by atoms with Crippen LogP contribution in [0.15, 0.2) is 18.2 Å². The number of halogens is 2. The lowest BCUT2D eigenvalue weighted by molar-refractivity contribution is -0.132. The lowest BCUT2D eigenvalue weighted by atomic mass is 10.0. The van der Waals surface area contributed by atoms with Gasteiger partial charge in [0.05, 0.1) is 25.1 Å². The van der Waals surface area contributed by atoms with E-state index in [0.29, 0.717) is 13.1 Å². The molecule has 1 aliphatic heterocycles. The van der Waals surface area contributed by atoms with E-state index in [1.807, 2.05) is 13.0 Å². The Morgan fingerprint density at radius 1 is 1.50 bits per heavy atom. The van der Waals surface area contributed by atoms with Gasteiger partial charge in [0.25, 0.3) is 0 Å². The average molecular weight is 337 g/mol. The van der Waals surface area contributed by atoms with Crippen molar-refractivity contribution in [2.75, 3.05) is 26.2 Å². The Kier molecular flexibility index (Phi) is 6.23. The number of aliphatic hydroxyl groups excluding tert-OH is 1. The van der Waals surface area contributed by atoms with Gasteiger partial charge in [-0.2, -0.15) is 5.26 Å². The predicted octanol–water partition coefficient (Wildman–Crippen LogP) is 1.83. The van der Waals surface area contributed by atoms with E-state index in [0.717, 1.165) is 18.2 Å². The Bertz CT molecular complexity index is 633. The molecule has 1 aromatic rings. The smallest absolute Gasteiger partial charge is 0.236 e. The number of carbonyl (C=O) groups excluding carboxylic acids is 1. The van der Waals surface area contributed by atoms with E-state index in [4.69, 9.17) is 5.26 Å². The predicted molar refractivity (Wildman–Crippen MR) is 83.8 cm³/mol. The minimum Gasteiger partial charge on any atom is -0.392 e. The first-order valence-electron chi connectivity index (χ1n) is 7.98. The van der Waals surface area contributed by atoms with E-state index >= 15 is 0 Å². The maximum atomic E-state index is 14.0. The Morgan fingerprint density at radius 3 is 2.92 bits per heavy atom. The van der Waals surface area contributed by atoms with Crippen LogP contribution in [0.2, 0.25) is 0 Å². The van der Waals surface area contributed by atoms with Crippen LogP contribution in [0.4, 0.5) is 8.78 Å². The van der Waals surface area contributed by atoms with Crippen molar-refractivity contribution in [1.82, 2.24) is 9.80 Å². The van der Waals surface area contributed by atoms with Gasteiger partial charge in [0.1, 0.15) is 11.6 Å². The van der Waals surface area contributed by atoms with E-state index in [2.05, 4.69) is 0 Å². The van der Waals surface area contributed by atoms with Gasteiger partial charge in [-0.05, 0) is 31.5 Å². The second kappa shape index (κ2) is 8.18. The van der Waals surface area contributed by atoms with E-state index < -0.39 is 23.8 Å². The van der Waals surface area contributed by atoms with Gasteiger partial charge in [-0.15, -0.1) is 0 Å². The number of rotatable bonds is 6. The first-order valence-corrected chi connectivity index (χ1v) is 7.98. The molecule has 5 nitrogen and oxygen atoms in total. The molecule has 0 aliphatic carbocycles. The Balaban J connectivity index is 2.14. The summed E-state index contributed by atoms with van der Waals surface area (Å²) in [6.07, 6.45) is -0.207. The van der Waals surface area contributed by atoms with Gasteiger partial charge in [-0.1, -0.05) is 0 Å². The van der Waals surface area contributed by atoms with Crippen molar-refractivity contribution < 1.29 is 18.7 Å². The minimum absolute atomic E-state index is 0.00303. The summed E-state index contributed by atoms with van der Waals surface area (Å²) >= 11 is 0. The molecule has 1 aromatic carbocycles. The second-order valence-electron chi connectivity index (χ2n) is 5.88. The van der Waals surface area contributed by atoms with Gasteiger partial charge in [0, 0.05) is 31.2 Å². The lowest BCUT2D eigenvalue weighted by Gasteiger charge is -2.27. The van der Waals surface area contributed by atoms with Crippen LogP contribution in [0.25, 0.3) is 0 Å². The molecule has 7 heteroatoms. The standard InChI is InChI=1S/C17H21F2N3O2/c1-2-21(7-3-6-20)17(24)11-22-10-13(23)9-16(22)14-8-12(18)4-5-15(14)19/h4-5,8,13,16,23H,2-3,7,9-11H2,1H3/t13-,16+/m0/s1. The molecule has 0 unspecified atom stereocenters. The molecule has 1 heterocycles. The highest BCUT2D eigenvalue weighted by atomic mass is 19.1. The van der Waals surface area contributed by atoms with Crippen LogP contribution in [0.5, 0.6) is 0 Å². The molecule has 0 bridgehead atoms. The molecule has 1 saturated heterocycles. The molecule has 2 atom stereocenters. The molecule has 2 rings (SSSR count). The zero-order valence-electron chi connectivity index (χ0n) is 13.6. The third-order valence-electron chi connectivity index (χ3n) is 4.26. The molecule has 0 aromatic heterocycles. The number of amides is 1. The summed E-state index contributed by atoms with van der Waals surface area (Å²) in [5.74, 6) is -1.29. The second-order valence-corrected chi connectivity index (χ2v) is 5.88. The number of likely N-dealkylation sites (tertiary alicyclic amines) is 1. The van der Waals surface area contributed by atoms with Crippen molar-refractivity contribution in [3.63, 3.8) is 0 Å². The van der Waals surface area contributed by atoms with Crippen molar-refractivity contribution in [3.05, 3.63) is 35.4 Å². The van der Waals surface area contributed by atoms with Crippen LogP contribution < -0.4 is 0 Å². The minimum atomic E-state index is -0.695. The molecule has 0 radical (unpaired) electrons. The summed E-state index contributed by atoms with van der Waals surface area (Å²) in [6.45, 7) is 2.84. The number of carbonyl (C=O) groups is 1. The van der Waals surface area contributed by atoms with Gasteiger partial charge < -0.3 is 10.0 Å². The zero-order chi connectivity index (χ0) is 17.7. The van der Waals surface area contributed by atoms with Crippen molar-refractivity contribution in [3.8, 4) is 6.07 Å². The van der Waals surface area contributed by atoms with Gasteiger partial charge in [-0.3, -0.25) is 9.69 Å². The lowest BCUT2D eigenvalue weighted by Crippen LogP contribution is -2.41. The fraction of sp³-hybridized carbons (Fsp3) is 0.529. The topological polar surface area (TPSA) is 67.6 Å². The summed E-state index contributed by atoms with van der Waals surface area (Å²) in [6, 6.07) is 4.66. The summed E-state index contributed by atoms with van der Waals surface area (Å²) < 4.78 is 27.5. The molecule has 1 aliphatic rings. The monoisotopic (exact) mass is 337 g/mol. The number of aliphatic hydroxyl groups is 1. The van der Waals surface area contributed by atoms with Gasteiger partial charge in [0.15, 0.2) is 0 Å². The maximum absolute atomic E-state index is 14.0. The molecule has 130 valence electrons. The quantitative estimate of drug-likeness (QED) is 0.860. The first-order chi connectivity index (χ1) is 11.5. The highest BCUT2D eigenvalue weighted by Crippen LogP contribution is 2.33. The third kappa shape index (κ3) is 4.28. The van der Waals surface area contributed by atoms with Crippen LogP contribution in [0, 0.1) is 23.0 Å². The largest absolute Gasteiger partial charge is 0.392 e. The molecule has 0 spiro atoms. The van der Waals surface area contributed by atoms with Crippen molar-refractivity contribution >= 4 is 5.91 Å². The molecule has 0 saturated carbocycles. The van der Waals surface area contributed by atoms with Crippen LogP contribution in [0.3, 0.4) is 0 Å². The van der Waals surface area contributed by atoms with E-state index in [1.54, 1.807) is 9.80 Å². The summed E-state index contributed by atoms with van der Waals surface area (Å²) in [5, 5.41) is 18.6. The number of benzene rings is 1. The van der Waals surface area contributed by atoms with Crippen LogP contribution in [-0.4, -0.2) is 53.1 Å². The average Bonchev–Trinajstić information content (AvgIpc) is 2.90. The summed E-state index contributed by atoms with van der Waals surface area (Å²) in [4.78, 5) is 15.6. The number of hydrogen-bond acceptors (Lipinski definition) is 4. The highest BCUT2D eigenvalue weighted by Gasteiger charge is 2.35. The Labute approximate surface area is 140 Å². The number of nitriles is 1.